The van der Waals surface area contributed by atoms with Crippen LogP contribution in [0.5, 0.6) is 0 Å². The Morgan fingerprint density at radius 3 is 2.41 bits per heavy atom. The third-order valence-electron chi connectivity index (χ3n) is 3.84. The molecule has 17 heavy (non-hydrogen) atoms. The number of hydrogen-bond acceptors (Lipinski definition) is 2. The molecule has 1 heterocycles. The van der Waals surface area contributed by atoms with Crippen LogP contribution in [0.3, 0.4) is 0 Å². The van der Waals surface area contributed by atoms with Gasteiger partial charge in [0.2, 0.25) is 0 Å². The van der Waals surface area contributed by atoms with Gasteiger partial charge in [-0.2, -0.15) is 0 Å². The molecule has 0 aromatic heterocycles. The molecule has 0 aliphatic carbocycles. The molecule has 94 valence electrons. The van der Waals surface area contributed by atoms with Gasteiger partial charge >= 0.3 is 0 Å². The highest BCUT2D eigenvalue weighted by Gasteiger charge is 2.19. The van der Waals surface area contributed by atoms with Crippen LogP contribution in [0.25, 0.3) is 0 Å². The Bertz CT molecular complexity index is 317. The molecular weight excluding hydrogens is 208 g/mol. The van der Waals surface area contributed by atoms with E-state index >= 15 is 0 Å². The lowest BCUT2D eigenvalue weighted by molar-refractivity contribution is 0.160. The molecule has 2 rings (SSSR count). The van der Waals surface area contributed by atoms with Crippen LogP contribution >= 0.6 is 0 Å². The van der Waals surface area contributed by atoms with Gasteiger partial charge in [-0.15, -0.1) is 0 Å². The third-order valence-corrected chi connectivity index (χ3v) is 3.84. The lowest BCUT2D eigenvalue weighted by Gasteiger charge is -2.33. The Labute approximate surface area is 105 Å². The summed E-state index contributed by atoms with van der Waals surface area (Å²) in [6.45, 7) is 4.82. The molecule has 1 saturated heterocycles. The van der Waals surface area contributed by atoms with E-state index in [1.807, 2.05) is 6.07 Å². The zero-order valence-electron chi connectivity index (χ0n) is 10.8. The van der Waals surface area contributed by atoms with Crippen molar-refractivity contribution in [2.45, 2.75) is 44.7 Å². The first kappa shape index (κ1) is 12.6. The molecule has 0 radical (unpaired) electrons. The van der Waals surface area contributed by atoms with Crippen LogP contribution in [0.1, 0.15) is 44.2 Å². The fourth-order valence-electron chi connectivity index (χ4n) is 2.71. The number of rotatable bonds is 4. The summed E-state index contributed by atoms with van der Waals surface area (Å²) >= 11 is 0. The van der Waals surface area contributed by atoms with E-state index in [1.165, 1.54) is 37.9 Å². The summed E-state index contributed by atoms with van der Waals surface area (Å²) in [5, 5.41) is 0. The first-order chi connectivity index (χ1) is 8.27. The summed E-state index contributed by atoms with van der Waals surface area (Å²) in [4.78, 5) is 2.59. The van der Waals surface area contributed by atoms with Gasteiger partial charge in [-0.25, -0.2) is 0 Å². The van der Waals surface area contributed by atoms with Gasteiger partial charge in [0.1, 0.15) is 0 Å². The molecule has 2 heteroatoms. The van der Waals surface area contributed by atoms with Gasteiger partial charge in [0.25, 0.3) is 0 Å². The second-order valence-electron chi connectivity index (χ2n) is 5.20. The van der Waals surface area contributed by atoms with E-state index in [9.17, 15) is 0 Å². The maximum atomic E-state index is 6.28. The first-order valence-electron chi connectivity index (χ1n) is 6.82. The van der Waals surface area contributed by atoms with Crippen LogP contribution < -0.4 is 5.73 Å². The molecule has 0 bridgehead atoms. The van der Waals surface area contributed by atoms with Crippen molar-refractivity contribution in [2.24, 2.45) is 5.73 Å². The summed E-state index contributed by atoms with van der Waals surface area (Å²) in [6.07, 6.45) is 5.16. The molecule has 1 aliphatic heterocycles. The number of likely N-dealkylation sites (tertiary alicyclic amines) is 1. The van der Waals surface area contributed by atoms with Crippen molar-refractivity contribution in [3.05, 3.63) is 35.9 Å². The molecule has 0 spiro atoms. The Morgan fingerprint density at radius 1 is 1.12 bits per heavy atom. The van der Waals surface area contributed by atoms with E-state index in [0.29, 0.717) is 6.04 Å². The summed E-state index contributed by atoms with van der Waals surface area (Å²) in [5.74, 6) is 0. The maximum Gasteiger partial charge on any atom is 0.0309 e. The molecule has 2 nitrogen and oxygen atoms in total. The summed E-state index contributed by atoms with van der Waals surface area (Å²) in [7, 11) is 0. The largest absolute Gasteiger partial charge is 0.324 e. The number of nitrogens with zero attached hydrogens (tertiary/aromatic N) is 1. The molecule has 0 amide bonds. The zero-order valence-corrected chi connectivity index (χ0v) is 10.8. The van der Waals surface area contributed by atoms with Crippen molar-refractivity contribution in [2.75, 3.05) is 13.1 Å². The lowest BCUT2D eigenvalue weighted by atomic mass is 9.99. The molecule has 1 fully saturated rings. The van der Waals surface area contributed by atoms with Gasteiger partial charge in [-0.05, 0) is 44.8 Å². The number of hydrogen-bond donors (Lipinski definition) is 1. The van der Waals surface area contributed by atoms with Gasteiger partial charge in [-0.1, -0.05) is 36.8 Å². The van der Waals surface area contributed by atoms with Gasteiger partial charge in [0.05, 0.1) is 0 Å². The van der Waals surface area contributed by atoms with E-state index in [0.717, 1.165) is 6.42 Å². The second-order valence-corrected chi connectivity index (χ2v) is 5.20. The SMILES string of the molecule is CC(CC(N)c1ccccc1)N1CCCCC1. The topological polar surface area (TPSA) is 29.3 Å². The second kappa shape index (κ2) is 6.18. The number of piperidine rings is 1. The third kappa shape index (κ3) is 3.55. The normalized spacial score (nSPS) is 21.1. The van der Waals surface area contributed by atoms with Crippen molar-refractivity contribution in [3.8, 4) is 0 Å². The lowest BCUT2D eigenvalue weighted by Crippen LogP contribution is -2.39. The Morgan fingerprint density at radius 2 is 1.76 bits per heavy atom. The van der Waals surface area contributed by atoms with Crippen LogP contribution in [0.4, 0.5) is 0 Å². The van der Waals surface area contributed by atoms with Gasteiger partial charge in [0, 0.05) is 12.1 Å². The minimum atomic E-state index is 0.174. The number of benzene rings is 1. The predicted octanol–water partition coefficient (Wildman–Crippen LogP) is 2.95. The van der Waals surface area contributed by atoms with Crippen molar-refractivity contribution in [1.82, 2.24) is 4.90 Å². The molecule has 1 aromatic rings. The quantitative estimate of drug-likeness (QED) is 0.865. The Kier molecular flexibility index (Phi) is 4.57. The van der Waals surface area contributed by atoms with E-state index in [4.69, 9.17) is 5.73 Å². The first-order valence-corrected chi connectivity index (χ1v) is 6.82. The highest BCUT2D eigenvalue weighted by Crippen LogP contribution is 2.20. The Hall–Kier alpha value is -0.860. The van der Waals surface area contributed by atoms with E-state index in [1.54, 1.807) is 0 Å². The predicted molar refractivity (Wildman–Crippen MR) is 72.9 cm³/mol. The van der Waals surface area contributed by atoms with Crippen molar-refractivity contribution in [1.29, 1.82) is 0 Å². The molecule has 2 atom stereocenters. The van der Waals surface area contributed by atoms with Gasteiger partial charge in [-0.3, -0.25) is 0 Å². The highest BCUT2D eigenvalue weighted by molar-refractivity contribution is 5.18. The van der Waals surface area contributed by atoms with E-state index in [2.05, 4.69) is 36.1 Å². The molecule has 0 saturated carbocycles. The molecule has 2 N–H and O–H groups in total. The van der Waals surface area contributed by atoms with Crippen molar-refractivity contribution in [3.63, 3.8) is 0 Å². The van der Waals surface area contributed by atoms with Crippen LogP contribution in [0, 0.1) is 0 Å². The molecular formula is C15H24N2. The smallest absolute Gasteiger partial charge is 0.0309 e. The van der Waals surface area contributed by atoms with Crippen LogP contribution in [-0.4, -0.2) is 24.0 Å². The monoisotopic (exact) mass is 232 g/mol. The fraction of sp³-hybridized carbons (Fsp3) is 0.600. The van der Waals surface area contributed by atoms with Crippen molar-refractivity contribution >= 4 is 0 Å². The van der Waals surface area contributed by atoms with E-state index in [-0.39, 0.29) is 6.04 Å². The summed E-state index contributed by atoms with van der Waals surface area (Å²) in [5.41, 5.74) is 7.54. The highest BCUT2D eigenvalue weighted by atomic mass is 15.2. The summed E-state index contributed by atoms with van der Waals surface area (Å²) in [6, 6.07) is 11.2. The van der Waals surface area contributed by atoms with Crippen LogP contribution in [0.2, 0.25) is 0 Å². The average Bonchev–Trinajstić information content (AvgIpc) is 2.40. The molecule has 1 aromatic carbocycles. The Balaban J connectivity index is 1.87. The van der Waals surface area contributed by atoms with Gasteiger partial charge in [0.15, 0.2) is 0 Å². The zero-order chi connectivity index (χ0) is 12.1. The fourth-order valence-corrected chi connectivity index (χ4v) is 2.71. The standard InChI is InChI=1S/C15H24N2/c1-13(17-10-6-3-7-11-17)12-15(16)14-8-4-2-5-9-14/h2,4-5,8-9,13,15H,3,6-7,10-12,16H2,1H3. The molecule has 2 unspecified atom stereocenters. The summed E-state index contributed by atoms with van der Waals surface area (Å²) < 4.78 is 0. The maximum absolute atomic E-state index is 6.28. The minimum Gasteiger partial charge on any atom is -0.324 e. The van der Waals surface area contributed by atoms with E-state index < -0.39 is 0 Å². The average molecular weight is 232 g/mol. The van der Waals surface area contributed by atoms with Crippen LogP contribution in [0.15, 0.2) is 30.3 Å². The minimum absolute atomic E-state index is 0.174. The van der Waals surface area contributed by atoms with Gasteiger partial charge < -0.3 is 10.6 Å². The number of nitrogens with two attached hydrogens (primary N) is 1. The van der Waals surface area contributed by atoms with Crippen LogP contribution in [-0.2, 0) is 0 Å². The molecule has 1 aliphatic rings. The van der Waals surface area contributed by atoms with Crippen molar-refractivity contribution < 1.29 is 0 Å².